The Balaban J connectivity index is 2.01. The van der Waals surface area contributed by atoms with Gasteiger partial charge in [0.1, 0.15) is 0 Å². The van der Waals surface area contributed by atoms with Gasteiger partial charge in [-0.15, -0.1) is 0 Å². The molecule has 3 heteroatoms. The van der Waals surface area contributed by atoms with Gasteiger partial charge in [0, 0.05) is 9.50 Å². The molecule has 1 heterocycles. The van der Waals surface area contributed by atoms with E-state index < -0.39 is 0 Å². The van der Waals surface area contributed by atoms with Crippen molar-refractivity contribution >= 4 is 27.5 Å². The number of nitrogens with one attached hydrogen (secondary N) is 1. The Morgan fingerprint density at radius 3 is 3.06 bits per heavy atom. The molecular formula is C13H17BrClN. The van der Waals surface area contributed by atoms with E-state index >= 15 is 0 Å². The monoisotopic (exact) mass is 301 g/mol. The Morgan fingerprint density at radius 1 is 1.38 bits per heavy atom. The molecule has 1 aromatic rings. The summed E-state index contributed by atoms with van der Waals surface area (Å²) in [6.45, 7) is 2.30. The lowest BCUT2D eigenvalue weighted by Gasteiger charge is -2.15. The predicted octanol–water partition coefficient (Wildman–Crippen LogP) is 4.03. The van der Waals surface area contributed by atoms with Crippen molar-refractivity contribution in [1.82, 2.24) is 5.32 Å². The summed E-state index contributed by atoms with van der Waals surface area (Å²) in [7, 11) is 0. The van der Waals surface area contributed by atoms with Crippen molar-refractivity contribution in [2.75, 3.05) is 13.1 Å². The highest BCUT2D eigenvalue weighted by Gasteiger charge is 2.13. The maximum atomic E-state index is 6.24. The van der Waals surface area contributed by atoms with Crippen molar-refractivity contribution in [2.45, 2.75) is 25.7 Å². The van der Waals surface area contributed by atoms with Crippen LogP contribution in [-0.4, -0.2) is 13.1 Å². The van der Waals surface area contributed by atoms with Crippen LogP contribution in [0.5, 0.6) is 0 Å². The van der Waals surface area contributed by atoms with Gasteiger partial charge in [-0.2, -0.15) is 0 Å². The lowest BCUT2D eigenvalue weighted by molar-refractivity contribution is 0.477. The smallest absolute Gasteiger partial charge is 0.0449 e. The fourth-order valence-corrected chi connectivity index (χ4v) is 3.01. The molecule has 1 fully saturated rings. The third kappa shape index (κ3) is 3.47. The lowest BCUT2D eigenvalue weighted by Crippen LogP contribution is -2.22. The number of hydrogen-bond acceptors (Lipinski definition) is 1. The second-order valence-corrected chi connectivity index (χ2v) is 5.83. The molecule has 2 rings (SSSR count). The van der Waals surface area contributed by atoms with Crippen molar-refractivity contribution in [1.29, 1.82) is 0 Å². The van der Waals surface area contributed by atoms with Gasteiger partial charge in [0.25, 0.3) is 0 Å². The van der Waals surface area contributed by atoms with E-state index in [1.54, 1.807) is 0 Å². The molecule has 16 heavy (non-hydrogen) atoms. The van der Waals surface area contributed by atoms with Gasteiger partial charge in [0.15, 0.2) is 0 Å². The number of rotatable bonds is 2. The van der Waals surface area contributed by atoms with E-state index in [0.717, 1.165) is 28.4 Å². The molecule has 0 amide bonds. The van der Waals surface area contributed by atoms with Crippen LogP contribution in [-0.2, 0) is 6.42 Å². The molecular weight excluding hydrogens is 286 g/mol. The molecule has 1 saturated heterocycles. The summed E-state index contributed by atoms with van der Waals surface area (Å²) in [5, 5.41) is 4.38. The van der Waals surface area contributed by atoms with Gasteiger partial charge in [-0.05, 0) is 56.0 Å². The number of hydrogen-bond donors (Lipinski definition) is 1. The molecule has 0 spiro atoms. The number of benzene rings is 1. The van der Waals surface area contributed by atoms with E-state index in [0.29, 0.717) is 0 Å². The summed E-state index contributed by atoms with van der Waals surface area (Å²) in [5.41, 5.74) is 1.28. The molecule has 0 aliphatic carbocycles. The molecule has 0 radical (unpaired) electrons. The molecule has 1 unspecified atom stereocenters. The van der Waals surface area contributed by atoms with Crippen LogP contribution in [0.2, 0.25) is 5.02 Å². The Morgan fingerprint density at radius 2 is 2.25 bits per heavy atom. The summed E-state index contributed by atoms with van der Waals surface area (Å²) < 4.78 is 1.06. The van der Waals surface area contributed by atoms with Gasteiger partial charge >= 0.3 is 0 Å². The largest absolute Gasteiger partial charge is 0.316 e. The Bertz CT molecular complexity index is 346. The topological polar surface area (TPSA) is 12.0 Å². The first-order chi connectivity index (χ1) is 7.75. The average Bonchev–Trinajstić information content (AvgIpc) is 2.51. The normalized spacial score (nSPS) is 21.8. The Labute approximate surface area is 111 Å². The van der Waals surface area contributed by atoms with Crippen LogP contribution in [0, 0.1) is 5.92 Å². The standard InChI is InChI=1S/C13H17BrClN/c14-12-5-4-11(13(15)8-12)7-10-3-1-2-6-16-9-10/h4-5,8,10,16H,1-3,6-7,9H2. The molecule has 1 aliphatic heterocycles. The van der Waals surface area contributed by atoms with Crippen LogP contribution in [0.4, 0.5) is 0 Å². The third-order valence-electron chi connectivity index (χ3n) is 3.17. The zero-order chi connectivity index (χ0) is 11.4. The minimum absolute atomic E-state index is 0.737. The predicted molar refractivity (Wildman–Crippen MR) is 73.1 cm³/mol. The van der Waals surface area contributed by atoms with Gasteiger partial charge in [-0.1, -0.05) is 40.0 Å². The van der Waals surface area contributed by atoms with Crippen molar-refractivity contribution in [3.8, 4) is 0 Å². The molecule has 1 nitrogen and oxygen atoms in total. The molecule has 0 aromatic heterocycles. The zero-order valence-corrected chi connectivity index (χ0v) is 11.6. The maximum absolute atomic E-state index is 6.24. The van der Waals surface area contributed by atoms with E-state index in [-0.39, 0.29) is 0 Å². The average molecular weight is 303 g/mol. The van der Waals surface area contributed by atoms with Crippen LogP contribution in [0.25, 0.3) is 0 Å². The van der Waals surface area contributed by atoms with Gasteiger partial charge in [0.05, 0.1) is 0 Å². The van der Waals surface area contributed by atoms with Gasteiger partial charge in [0.2, 0.25) is 0 Å². The van der Waals surface area contributed by atoms with Crippen LogP contribution < -0.4 is 5.32 Å². The van der Waals surface area contributed by atoms with Crippen molar-refractivity contribution in [3.05, 3.63) is 33.3 Å². The molecule has 88 valence electrons. The molecule has 0 saturated carbocycles. The second-order valence-electron chi connectivity index (χ2n) is 4.51. The van der Waals surface area contributed by atoms with Gasteiger partial charge in [-0.3, -0.25) is 0 Å². The zero-order valence-electron chi connectivity index (χ0n) is 9.31. The van der Waals surface area contributed by atoms with E-state index in [2.05, 4.69) is 33.4 Å². The lowest BCUT2D eigenvalue weighted by atomic mass is 9.95. The van der Waals surface area contributed by atoms with Crippen LogP contribution in [0.3, 0.4) is 0 Å². The summed E-state index contributed by atoms with van der Waals surface area (Å²) in [4.78, 5) is 0. The fourth-order valence-electron chi connectivity index (χ4n) is 2.26. The first-order valence-corrected chi connectivity index (χ1v) is 7.07. The SMILES string of the molecule is Clc1cc(Br)ccc1CC1CCCCNC1. The summed E-state index contributed by atoms with van der Waals surface area (Å²) in [6.07, 6.45) is 5.06. The fraction of sp³-hybridized carbons (Fsp3) is 0.538. The molecule has 1 aromatic carbocycles. The van der Waals surface area contributed by atoms with Crippen molar-refractivity contribution < 1.29 is 0 Å². The van der Waals surface area contributed by atoms with E-state index in [9.17, 15) is 0 Å². The summed E-state index contributed by atoms with van der Waals surface area (Å²) >= 11 is 9.68. The van der Waals surface area contributed by atoms with Gasteiger partial charge < -0.3 is 5.32 Å². The first kappa shape index (κ1) is 12.4. The Kier molecular flexibility index (Phi) is 4.68. The van der Waals surface area contributed by atoms with Crippen LogP contribution in [0.15, 0.2) is 22.7 Å². The quantitative estimate of drug-likeness (QED) is 0.869. The highest BCUT2D eigenvalue weighted by Crippen LogP contribution is 2.25. The minimum atomic E-state index is 0.737. The Hall–Kier alpha value is -0.0500. The third-order valence-corrected chi connectivity index (χ3v) is 4.02. The summed E-state index contributed by atoms with van der Waals surface area (Å²) in [6, 6.07) is 6.20. The van der Waals surface area contributed by atoms with E-state index in [4.69, 9.17) is 11.6 Å². The van der Waals surface area contributed by atoms with Crippen molar-refractivity contribution in [3.63, 3.8) is 0 Å². The molecule has 1 atom stereocenters. The van der Waals surface area contributed by atoms with E-state index in [1.807, 2.05) is 6.07 Å². The molecule has 1 aliphatic rings. The minimum Gasteiger partial charge on any atom is -0.316 e. The highest BCUT2D eigenvalue weighted by molar-refractivity contribution is 9.10. The van der Waals surface area contributed by atoms with Crippen LogP contribution >= 0.6 is 27.5 Å². The van der Waals surface area contributed by atoms with Crippen molar-refractivity contribution in [2.24, 2.45) is 5.92 Å². The van der Waals surface area contributed by atoms with E-state index in [1.165, 1.54) is 31.4 Å². The summed E-state index contributed by atoms with van der Waals surface area (Å²) in [5.74, 6) is 0.737. The molecule has 1 N–H and O–H groups in total. The molecule has 0 bridgehead atoms. The van der Waals surface area contributed by atoms with Gasteiger partial charge in [-0.25, -0.2) is 0 Å². The number of halogens is 2. The van der Waals surface area contributed by atoms with Crippen LogP contribution in [0.1, 0.15) is 24.8 Å². The maximum Gasteiger partial charge on any atom is 0.0449 e. The second kappa shape index (κ2) is 6.04. The highest BCUT2D eigenvalue weighted by atomic mass is 79.9. The first-order valence-electron chi connectivity index (χ1n) is 5.90.